The highest BCUT2D eigenvalue weighted by atomic mass is 32.3. The van der Waals surface area contributed by atoms with Gasteiger partial charge in [0, 0.05) is 12.8 Å². The Bertz CT molecular complexity index is 2490. The van der Waals surface area contributed by atoms with Gasteiger partial charge in [0.1, 0.15) is 91.2 Å². The predicted octanol–water partition coefficient (Wildman–Crippen LogP) is -1.05. The second kappa shape index (κ2) is 25.7. The molecular weight excluding hydrogens is 1150 g/mol. The van der Waals surface area contributed by atoms with E-state index < -0.39 is 198 Å². The maximum Gasteiger partial charge on any atom is 0.397 e. The van der Waals surface area contributed by atoms with E-state index in [9.17, 15) is 78.7 Å². The molecule has 488 valence electrons. The number of aliphatic hydroxyl groups excluding tert-OH is 10. The van der Waals surface area contributed by atoms with Crippen LogP contribution in [0.5, 0.6) is 0 Å². The number of ether oxygens (including phenoxy) is 10. The molecule has 12 N–H and O–H groups in total. The molecule has 27 nitrogen and oxygen atoms in total. The highest BCUT2D eigenvalue weighted by Gasteiger charge is 2.64. The van der Waals surface area contributed by atoms with Crippen LogP contribution in [0.1, 0.15) is 127 Å². The summed E-state index contributed by atoms with van der Waals surface area (Å²) in [7, 11) is -4.89. The number of ketones is 2. The Morgan fingerprint density at radius 2 is 1.15 bits per heavy atom. The molecule has 0 radical (unpaired) electrons. The van der Waals surface area contributed by atoms with E-state index in [1.54, 1.807) is 6.92 Å². The first-order chi connectivity index (χ1) is 39.6. The fraction of sp³-hybridized carbons (Fsp3) is 0.930. The first-order valence-electron chi connectivity index (χ1n) is 30.1. The highest BCUT2D eigenvalue weighted by Crippen LogP contribution is 2.67. The fourth-order valence-corrected chi connectivity index (χ4v) is 16.4. The number of fused-ring (bicyclic) bond motifs is 5. The zero-order valence-electron chi connectivity index (χ0n) is 49.7. The van der Waals surface area contributed by atoms with Gasteiger partial charge in [-0.15, -0.1) is 0 Å². The molecule has 0 amide bonds. The van der Waals surface area contributed by atoms with E-state index in [4.69, 9.17) is 51.6 Å². The van der Waals surface area contributed by atoms with Crippen LogP contribution in [0.3, 0.4) is 0 Å². The van der Waals surface area contributed by atoms with Gasteiger partial charge in [-0.3, -0.25) is 14.1 Å². The van der Waals surface area contributed by atoms with E-state index in [-0.39, 0.29) is 48.7 Å². The summed E-state index contributed by atoms with van der Waals surface area (Å²) in [6, 6.07) is 0. The summed E-state index contributed by atoms with van der Waals surface area (Å²) in [4.78, 5) is 27.6. The van der Waals surface area contributed by atoms with Crippen molar-refractivity contribution < 1.29 is 130 Å². The van der Waals surface area contributed by atoms with Crippen molar-refractivity contribution in [3.8, 4) is 0 Å². The zero-order valence-corrected chi connectivity index (χ0v) is 50.6. The quantitative estimate of drug-likeness (QED) is 0.0610. The Labute approximate surface area is 495 Å². The summed E-state index contributed by atoms with van der Waals surface area (Å²) < 4.78 is 101. The topological polar surface area (TPSA) is 413 Å². The molecule has 0 spiro atoms. The lowest BCUT2D eigenvalue weighted by Gasteiger charge is -2.60. The summed E-state index contributed by atoms with van der Waals surface area (Å²) in [5.74, 6) is -1.64. The van der Waals surface area contributed by atoms with Crippen LogP contribution in [0, 0.1) is 40.4 Å². The molecule has 8 fully saturated rings. The number of aliphatic hydroxyl groups is 11. The Morgan fingerprint density at radius 3 is 1.73 bits per heavy atom. The molecular formula is C57H92O27S. The molecule has 0 aromatic rings. The van der Waals surface area contributed by atoms with Crippen LogP contribution in [0.25, 0.3) is 0 Å². The molecule has 85 heavy (non-hydrogen) atoms. The molecule has 4 aliphatic carbocycles. The minimum absolute atomic E-state index is 0.00928. The van der Waals surface area contributed by atoms with Gasteiger partial charge in [-0.05, 0) is 127 Å². The number of Topliss-reactive ketones (excluding diaryl/α,β-unsaturated/α-hetero) is 2. The molecule has 0 unspecified atom stereocenters. The van der Waals surface area contributed by atoms with E-state index in [0.717, 1.165) is 5.57 Å². The van der Waals surface area contributed by atoms with Crippen molar-refractivity contribution in [2.75, 3.05) is 0 Å². The minimum Gasteiger partial charge on any atom is -0.389 e. The van der Waals surface area contributed by atoms with Crippen molar-refractivity contribution in [3.05, 3.63) is 11.6 Å². The third kappa shape index (κ3) is 13.3. The largest absolute Gasteiger partial charge is 0.397 e. The van der Waals surface area contributed by atoms with Crippen LogP contribution >= 0.6 is 0 Å². The van der Waals surface area contributed by atoms with Gasteiger partial charge in [0.25, 0.3) is 0 Å². The normalized spacial score (nSPS) is 51.3. The SMILES string of the molecule is CC(C)CC(=O)C[C@](C)(O)[C@H]1CC[C@H]2[C@@H]3C[C@H](O[C@@H]4O[C@H](C)C(=O)[C@H](O[C@@H]5O[C@H](C)[C@@H](O[C@@H]6O[C@H](C)[C@H](O)[C@H](O)[C@H]6O[C@@H]6O[C@H](C)[C@H](O)[C@H](O)[C@H]6O)[C@H](O)[C@H]5O[C@@H]5O[C@H](C)[C@@H](O)[C@H](O)[C@H]5O)[C@H]4O)[C@H]4C[C@@H](OS(=O)(=O)O)CC[C@]4(C)C3=CC[C@@]21C. The average Bonchev–Trinajstić information content (AvgIpc) is 1.84. The second-order valence-corrected chi connectivity index (χ2v) is 27.9. The highest BCUT2D eigenvalue weighted by molar-refractivity contribution is 7.80. The third-order valence-electron chi connectivity index (χ3n) is 20.4. The Morgan fingerprint density at radius 1 is 0.635 bits per heavy atom. The van der Waals surface area contributed by atoms with E-state index in [1.165, 1.54) is 34.6 Å². The molecule has 9 rings (SSSR count). The standard InChI is InChI=1S/C57H92O27S/c1-21(2)17-27(58)20-57(10,70)34-12-11-30-29-19-33(32-18-28(84-85(71,72)73)13-15-55(32,8)31(29)14-16-56(30,34)9)79-52-45(69)47(38(62)25(6)76-52)81-54-49(83-51-43(67)40(64)36(60)23(4)75-51)44(68)46(26(7)78-54)80-53-48(41(65)37(61)24(5)77-53)82-50-42(66)39(63)35(59)22(3)74-50/h14,21-26,28-30,32-37,39-54,59-61,63-70H,11-13,15-20H2,1-10H3,(H,71,72,73)/t22-,23-,24-,25-,26-,28+,29+,30+,32-,33+,34+,35+,36-,37+,39+,40+,41+,42-,43-,44+,45-,46-,47+,48-,49-,50+,51+,52+,53+,54+,55-,56+,57+/m1/s1. The van der Waals surface area contributed by atoms with Gasteiger partial charge in [0.2, 0.25) is 0 Å². The zero-order chi connectivity index (χ0) is 62.5. The first-order valence-corrected chi connectivity index (χ1v) is 31.4. The van der Waals surface area contributed by atoms with Crippen molar-refractivity contribution in [1.29, 1.82) is 0 Å². The summed E-state index contributed by atoms with van der Waals surface area (Å²) >= 11 is 0. The molecule has 3 saturated carbocycles. The number of carbonyl (C=O) groups is 2. The average molecular weight is 1240 g/mol. The van der Waals surface area contributed by atoms with Gasteiger partial charge in [0.05, 0.1) is 42.2 Å². The van der Waals surface area contributed by atoms with Crippen molar-refractivity contribution in [2.24, 2.45) is 40.4 Å². The number of allylic oxidation sites excluding steroid dienone is 2. The maximum absolute atomic E-state index is 14.4. The van der Waals surface area contributed by atoms with Gasteiger partial charge in [-0.1, -0.05) is 39.3 Å². The van der Waals surface area contributed by atoms with Crippen LogP contribution in [0.15, 0.2) is 11.6 Å². The number of hydrogen-bond donors (Lipinski definition) is 12. The summed E-state index contributed by atoms with van der Waals surface area (Å²) in [5.41, 5.74) is -1.28. The summed E-state index contributed by atoms with van der Waals surface area (Å²) in [6.45, 7) is 16.9. The monoisotopic (exact) mass is 1240 g/mol. The van der Waals surface area contributed by atoms with Crippen LogP contribution in [0.2, 0.25) is 0 Å². The van der Waals surface area contributed by atoms with Gasteiger partial charge in [-0.2, -0.15) is 8.42 Å². The number of rotatable bonds is 17. The lowest BCUT2D eigenvalue weighted by molar-refractivity contribution is -0.399. The van der Waals surface area contributed by atoms with Gasteiger partial charge in [0.15, 0.2) is 43.3 Å². The molecule has 33 atom stereocenters. The molecule has 0 aromatic carbocycles. The van der Waals surface area contributed by atoms with Crippen molar-refractivity contribution in [1.82, 2.24) is 0 Å². The van der Waals surface area contributed by atoms with Crippen LogP contribution in [-0.4, -0.2) is 246 Å². The summed E-state index contributed by atoms with van der Waals surface area (Å²) in [6.07, 6.45) is -36.2. The molecule has 5 heterocycles. The first kappa shape index (κ1) is 67.5. The molecule has 28 heteroatoms. The minimum atomic E-state index is -4.89. The number of hydrogen-bond acceptors (Lipinski definition) is 26. The van der Waals surface area contributed by atoms with Crippen molar-refractivity contribution in [3.63, 3.8) is 0 Å². The Hall–Kier alpha value is -1.89. The van der Waals surface area contributed by atoms with E-state index in [2.05, 4.69) is 19.9 Å². The molecule has 9 aliphatic rings. The lowest BCUT2D eigenvalue weighted by atomic mass is 9.47. The van der Waals surface area contributed by atoms with E-state index >= 15 is 0 Å². The van der Waals surface area contributed by atoms with Gasteiger partial charge >= 0.3 is 10.4 Å². The van der Waals surface area contributed by atoms with Crippen molar-refractivity contribution in [2.45, 2.75) is 292 Å². The maximum atomic E-state index is 14.4. The smallest absolute Gasteiger partial charge is 0.389 e. The van der Waals surface area contributed by atoms with Crippen LogP contribution in [-0.2, 0) is 71.5 Å². The van der Waals surface area contributed by atoms with Crippen LogP contribution < -0.4 is 0 Å². The number of carbonyl (C=O) groups excluding carboxylic acids is 2. The van der Waals surface area contributed by atoms with E-state index in [0.29, 0.717) is 38.5 Å². The second-order valence-electron chi connectivity index (χ2n) is 26.9. The summed E-state index contributed by atoms with van der Waals surface area (Å²) in [5, 5.41) is 124. The van der Waals surface area contributed by atoms with Gasteiger partial charge < -0.3 is 104 Å². The Balaban J connectivity index is 0.992. The molecule has 5 aliphatic heterocycles. The lowest BCUT2D eigenvalue weighted by Crippen LogP contribution is -2.67. The van der Waals surface area contributed by atoms with Gasteiger partial charge in [-0.25, -0.2) is 4.18 Å². The van der Waals surface area contributed by atoms with Crippen LogP contribution in [0.4, 0.5) is 0 Å². The molecule has 5 saturated heterocycles. The third-order valence-corrected chi connectivity index (χ3v) is 20.9. The van der Waals surface area contributed by atoms with Crippen molar-refractivity contribution >= 4 is 22.0 Å². The van der Waals surface area contributed by atoms with E-state index in [1.807, 2.05) is 13.8 Å². The predicted molar refractivity (Wildman–Crippen MR) is 288 cm³/mol. The fourth-order valence-electron chi connectivity index (χ4n) is 15.9. The molecule has 0 bridgehead atoms. The molecule has 0 aromatic heterocycles. The Kier molecular flexibility index (Phi) is 20.4.